The van der Waals surface area contributed by atoms with E-state index in [0.29, 0.717) is 24.3 Å². The number of ether oxygens (including phenoxy) is 1. The van der Waals surface area contributed by atoms with Crippen molar-refractivity contribution in [1.82, 2.24) is 4.57 Å². The van der Waals surface area contributed by atoms with Crippen molar-refractivity contribution < 1.29 is 14.6 Å². The number of carbonyl (C=O) groups is 1. The van der Waals surface area contributed by atoms with Gasteiger partial charge in [-0.1, -0.05) is 56.5 Å². The van der Waals surface area contributed by atoms with Crippen molar-refractivity contribution >= 4 is 5.78 Å². The second kappa shape index (κ2) is 11.9. The first-order valence-electron chi connectivity index (χ1n) is 11.7. The van der Waals surface area contributed by atoms with Gasteiger partial charge in [-0.25, -0.2) is 0 Å². The predicted octanol–water partition coefficient (Wildman–Crippen LogP) is 5.17. The van der Waals surface area contributed by atoms with Crippen molar-refractivity contribution in [3.8, 4) is 17.7 Å². The molecule has 1 aromatic heterocycles. The molecule has 0 radical (unpaired) electrons. The van der Waals surface area contributed by atoms with Gasteiger partial charge in [-0.05, 0) is 55.2 Å². The Hall–Kier alpha value is -3.85. The summed E-state index contributed by atoms with van der Waals surface area (Å²) in [5.74, 6) is -0.201. The van der Waals surface area contributed by atoms with Crippen LogP contribution >= 0.6 is 0 Å². The fourth-order valence-electron chi connectivity index (χ4n) is 3.88. The fourth-order valence-corrected chi connectivity index (χ4v) is 3.88. The van der Waals surface area contributed by atoms with Gasteiger partial charge in [0.1, 0.15) is 17.4 Å². The number of unbranched alkanes of at least 4 members (excludes halogenated alkanes) is 3. The Kier molecular flexibility index (Phi) is 8.64. The first kappa shape index (κ1) is 24.8. The number of nitrogens with zero attached hydrogens (tertiary/aromatic N) is 2. The zero-order valence-corrected chi connectivity index (χ0v) is 19.7. The normalized spacial score (nSPS) is 10.6. The molecule has 0 aliphatic carbocycles. The number of pyridine rings is 1. The lowest BCUT2D eigenvalue weighted by molar-refractivity contribution is 0.103. The van der Waals surface area contributed by atoms with Gasteiger partial charge in [-0.15, -0.1) is 0 Å². The molecule has 0 saturated heterocycles. The van der Waals surface area contributed by atoms with Crippen LogP contribution in [0.3, 0.4) is 0 Å². The zero-order chi connectivity index (χ0) is 24.5. The molecule has 0 unspecified atom stereocenters. The molecule has 0 amide bonds. The van der Waals surface area contributed by atoms with E-state index in [2.05, 4.69) is 6.92 Å². The highest BCUT2D eigenvalue weighted by molar-refractivity contribution is 6.11. The third-order valence-electron chi connectivity index (χ3n) is 5.88. The van der Waals surface area contributed by atoms with E-state index in [4.69, 9.17) is 4.74 Å². The lowest BCUT2D eigenvalue weighted by Gasteiger charge is -2.16. The van der Waals surface area contributed by atoms with Crippen molar-refractivity contribution in [1.29, 1.82) is 5.26 Å². The molecule has 2 aromatic carbocycles. The molecule has 0 saturated carbocycles. The Bertz CT molecular complexity index is 1220. The molecular formula is C28H30N2O4. The molecule has 1 N–H and O–H groups in total. The smallest absolute Gasteiger partial charge is 0.271 e. The number of hydrogen-bond acceptors (Lipinski definition) is 5. The summed E-state index contributed by atoms with van der Waals surface area (Å²) in [7, 11) is 0. The zero-order valence-electron chi connectivity index (χ0n) is 19.7. The summed E-state index contributed by atoms with van der Waals surface area (Å²) >= 11 is 0. The van der Waals surface area contributed by atoms with Crippen LogP contribution in [0.1, 0.15) is 65.2 Å². The molecule has 0 fully saturated rings. The monoisotopic (exact) mass is 458 g/mol. The lowest BCUT2D eigenvalue weighted by atomic mass is 9.97. The van der Waals surface area contributed by atoms with E-state index in [0.717, 1.165) is 29.4 Å². The van der Waals surface area contributed by atoms with Crippen LogP contribution in [0.5, 0.6) is 11.6 Å². The number of nitriles is 1. The molecule has 0 aliphatic rings. The maximum atomic E-state index is 13.3. The van der Waals surface area contributed by atoms with E-state index >= 15 is 0 Å². The molecule has 0 spiro atoms. The van der Waals surface area contributed by atoms with Crippen LogP contribution < -0.4 is 10.3 Å². The summed E-state index contributed by atoms with van der Waals surface area (Å²) in [4.78, 5) is 26.1. The SMILES string of the molecule is CCCCCCOc1ccc(C(=O)c2c(C)c(C#N)c(=O)n(CCc3ccccc3)c2O)cc1. The molecule has 176 valence electrons. The van der Waals surface area contributed by atoms with Crippen LogP contribution in [0.15, 0.2) is 59.4 Å². The number of carbonyl (C=O) groups excluding carboxylic acids is 1. The van der Waals surface area contributed by atoms with Gasteiger partial charge in [-0.2, -0.15) is 5.26 Å². The number of benzene rings is 2. The van der Waals surface area contributed by atoms with Crippen LogP contribution in [0.4, 0.5) is 0 Å². The molecule has 1 heterocycles. The van der Waals surface area contributed by atoms with E-state index in [1.807, 2.05) is 36.4 Å². The summed E-state index contributed by atoms with van der Waals surface area (Å²) in [6.07, 6.45) is 4.91. The average molecular weight is 459 g/mol. The van der Waals surface area contributed by atoms with Crippen LogP contribution in [0.25, 0.3) is 0 Å². The minimum Gasteiger partial charge on any atom is -0.494 e. The molecular weight excluding hydrogens is 428 g/mol. The van der Waals surface area contributed by atoms with Gasteiger partial charge >= 0.3 is 0 Å². The van der Waals surface area contributed by atoms with Crippen LogP contribution in [-0.2, 0) is 13.0 Å². The minimum atomic E-state index is -0.600. The summed E-state index contributed by atoms with van der Waals surface area (Å²) in [5, 5.41) is 20.5. The maximum absolute atomic E-state index is 13.3. The minimum absolute atomic E-state index is 0.0301. The van der Waals surface area contributed by atoms with E-state index < -0.39 is 17.2 Å². The number of hydrogen-bond donors (Lipinski definition) is 1. The van der Waals surface area contributed by atoms with Gasteiger partial charge in [0.15, 0.2) is 5.78 Å². The highest BCUT2D eigenvalue weighted by Crippen LogP contribution is 2.26. The van der Waals surface area contributed by atoms with Crippen LogP contribution in [0.2, 0.25) is 0 Å². The Morgan fingerprint density at radius 3 is 2.41 bits per heavy atom. The first-order chi connectivity index (χ1) is 16.5. The highest BCUT2D eigenvalue weighted by atomic mass is 16.5. The molecule has 3 aromatic rings. The van der Waals surface area contributed by atoms with Gasteiger partial charge in [0, 0.05) is 12.1 Å². The molecule has 6 nitrogen and oxygen atoms in total. The van der Waals surface area contributed by atoms with Gasteiger partial charge in [0.05, 0.1) is 12.2 Å². The number of aryl methyl sites for hydroxylation is 1. The second-order valence-corrected chi connectivity index (χ2v) is 8.27. The van der Waals surface area contributed by atoms with Gasteiger partial charge in [-0.3, -0.25) is 14.2 Å². The number of ketones is 1. The van der Waals surface area contributed by atoms with E-state index in [1.54, 1.807) is 24.3 Å². The van der Waals surface area contributed by atoms with Gasteiger partial charge in [0.2, 0.25) is 5.88 Å². The van der Waals surface area contributed by atoms with E-state index in [9.17, 15) is 20.0 Å². The summed E-state index contributed by atoms with van der Waals surface area (Å²) < 4.78 is 6.85. The number of aromatic hydroxyl groups is 1. The van der Waals surface area contributed by atoms with Crippen molar-refractivity contribution in [3.63, 3.8) is 0 Å². The number of rotatable bonds is 11. The molecule has 0 bridgehead atoms. The van der Waals surface area contributed by atoms with Crippen molar-refractivity contribution in [3.05, 3.63) is 92.8 Å². The predicted molar refractivity (Wildman–Crippen MR) is 131 cm³/mol. The van der Waals surface area contributed by atoms with Crippen molar-refractivity contribution in [2.24, 2.45) is 0 Å². The molecule has 34 heavy (non-hydrogen) atoms. The largest absolute Gasteiger partial charge is 0.494 e. The Morgan fingerprint density at radius 2 is 1.76 bits per heavy atom. The summed E-state index contributed by atoms with van der Waals surface area (Å²) in [5.41, 5.74) is 0.734. The van der Waals surface area contributed by atoms with Gasteiger partial charge < -0.3 is 9.84 Å². The fraction of sp³-hybridized carbons (Fsp3) is 0.321. The standard InChI is InChI=1S/C28H30N2O4/c1-3-4-5-9-18-34-23-14-12-22(13-15-23)26(31)25-20(2)24(19-29)27(32)30(28(25)33)17-16-21-10-7-6-8-11-21/h6-8,10-15,33H,3-5,9,16-18H2,1-2H3. The third-order valence-corrected chi connectivity index (χ3v) is 5.88. The molecule has 3 rings (SSSR count). The Balaban J connectivity index is 1.86. The Labute approximate surface area is 200 Å². The molecule has 6 heteroatoms. The first-order valence-corrected chi connectivity index (χ1v) is 11.7. The topological polar surface area (TPSA) is 92.3 Å². The average Bonchev–Trinajstić information content (AvgIpc) is 2.85. The highest BCUT2D eigenvalue weighted by Gasteiger charge is 2.24. The quantitative estimate of drug-likeness (QED) is 0.316. The summed E-state index contributed by atoms with van der Waals surface area (Å²) in [6.45, 7) is 4.44. The number of aromatic nitrogens is 1. The van der Waals surface area contributed by atoms with Crippen LogP contribution in [-0.4, -0.2) is 22.1 Å². The molecule has 0 aliphatic heterocycles. The van der Waals surface area contributed by atoms with Crippen LogP contribution in [0, 0.1) is 18.3 Å². The summed E-state index contributed by atoms with van der Waals surface area (Å²) in [6, 6.07) is 18.1. The van der Waals surface area contributed by atoms with E-state index in [-0.39, 0.29) is 23.2 Å². The van der Waals surface area contributed by atoms with Gasteiger partial charge in [0.25, 0.3) is 5.56 Å². The third kappa shape index (κ3) is 5.74. The Morgan fingerprint density at radius 1 is 1.06 bits per heavy atom. The second-order valence-electron chi connectivity index (χ2n) is 8.27. The maximum Gasteiger partial charge on any atom is 0.271 e. The van der Waals surface area contributed by atoms with E-state index in [1.165, 1.54) is 13.3 Å². The van der Waals surface area contributed by atoms with Crippen molar-refractivity contribution in [2.45, 2.75) is 52.5 Å². The lowest BCUT2D eigenvalue weighted by Crippen LogP contribution is -2.27. The molecule has 0 atom stereocenters. The van der Waals surface area contributed by atoms with Crippen molar-refractivity contribution in [2.75, 3.05) is 6.61 Å².